The zero-order valence-corrected chi connectivity index (χ0v) is 9.48. The number of nitrogen functional groups attached to an aromatic ring is 1. The van der Waals surface area contributed by atoms with Crippen molar-refractivity contribution >= 4 is 5.69 Å². The third-order valence-electron chi connectivity index (χ3n) is 3.27. The standard InChI is InChI=1S/C11H17N3O2/c1-2-13-7-9(12)10(15)14(11(13)16)6-8-4-3-5-8/h7-8H,2-6,12H2,1H3. The van der Waals surface area contributed by atoms with Crippen LogP contribution in [0.25, 0.3) is 0 Å². The highest BCUT2D eigenvalue weighted by Gasteiger charge is 2.20. The van der Waals surface area contributed by atoms with E-state index < -0.39 is 0 Å². The monoisotopic (exact) mass is 223 g/mol. The summed E-state index contributed by atoms with van der Waals surface area (Å²) in [6, 6.07) is 0. The van der Waals surface area contributed by atoms with Crippen molar-refractivity contribution in [1.29, 1.82) is 0 Å². The van der Waals surface area contributed by atoms with E-state index in [9.17, 15) is 9.59 Å². The van der Waals surface area contributed by atoms with Crippen LogP contribution in [-0.2, 0) is 13.1 Å². The first-order valence-corrected chi connectivity index (χ1v) is 5.73. The summed E-state index contributed by atoms with van der Waals surface area (Å²) in [7, 11) is 0. The Balaban J connectivity index is 2.44. The van der Waals surface area contributed by atoms with Crippen molar-refractivity contribution < 1.29 is 0 Å². The molecular weight excluding hydrogens is 206 g/mol. The maximum Gasteiger partial charge on any atom is 0.331 e. The average Bonchev–Trinajstić information content (AvgIpc) is 2.21. The van der Waals surface area contributed by atoms with Gasteiger partial charge in [-0.3, -0.25) is 13.9 Å². The zero-order chi connectivity index (χ0) is 11.7. The molecule has 1 fully saturated rings. The molecule has 0 spiro atoms. The minimum absolute atomic E-state index is 0.153. The van der Waals surface area contributed by atoms with Crippen LogP contribution >= 0.6 is 0 Å². The van der Waals surface area contributed by atoms with Crippen LogP contribution in [0.4, 0.5) is 5.69 Å². The average molecular weight is 223 g/mol. The van der Waals surface area contributed by atoms with Crippen LogP contribution in [0.5, 0.6) is 0 Å². The summed E-state index contributed by atoms with van der Waals surface area (Å²) >= 11 is 0. The highest BCUT2D eigenvalue weighted by Crippen LogP contribution is 2.26. The number of aromatic nitrogens is 2. The summed E-state index contributed by atoms with van der Waals surface area (Å²) in [6.45, 7) is 2.91. The molecule has 1 aromatic heterocycles. The van der Waals surface area contributed by atoms with E-state index in [1.54, 1.807) is 0 Å². The molecule has 0 unspecified atom stereocenters. The van der Waals surface area contributed by atoms with Crippen molar-refractivity contribution in [2.45, 2.75) is 39.3 Å². The summed E-state index contributed by atoms with van der Waals surface area (Å²) in [5, 5.41) is 0. The van der Waals surface area contributed by atoms with E-state index in [0.29, 0.717) is 19.0 Å². The van der Waals surface area contributed by atoms with Crippen molar-refractivity contribution in [3.63, 3.8) is 0 Å². The van der Waals surface area contributed by atoms with E-state index in [1.807, 2.05) is 6.92 Å². The lowest BCUT2D eigenvalue weighted by Crippen LogP contribution is -2.42. The molecule has 1 aromatic rings. The van der Waals surface area contributed by atoms with Gasteiger partial charge in [0.1, 0.15) is 5.69 Å². The molecule has 0 bridgehead atoms. The maximum absolute atomic E-state index is 11.9. The van der Waals surface area contributed by atoms with Gasteiger partial charge in [-0.1, -0.05) is 6.42 Å². The van der Waals surface area contributed by atoms with Crippen molar-refractivity contribution in [3.8, 4) is 0 Å². The van der Waals surface area contributed by atoms with Crippen molar-refractivity contribution in [2.24, 2.45) is 5.92 Å². The minimum atomic E-state index is -0.346. The third-order valence-corrected chi connectivity index (χ3v) is 3.27. The second kappa shape index (κ2) is 4.15. The van der Waals surface area contributed by atoms with Crippen molar-refractivity contribution in [2.75, 3.05) is 5.73 Å². The van der Waals surface area contributed by atoms with Crippen LogP contribution in [0, 0.1) is 5.92 Å². The van der Waals surface area contributed by atoms with E-state index >= 15 is 0 Å². The lowest BCUT2D eigenvalue weighted by molar-refractivity contribution is 0.267. The molecule has 0 amide bonds. The molecule has 0 saturated heterocycles. The number of hydrogen-bond donors (Lipinski definition) is 1. The molecule has 2 N–H and O–H groups in total. The summed E-state index contributed by atoms with van der Waals surface area (Å²) in [5.74, 6) is 0.470. The summed E-state index contributed by atoms with van der Waals surface area (Å²) < 4.78 is 2.76. The predicted molar refractivity (Wildman–Crippen MR) is 62.4 cm³/mol. The molecule has 5 nitrogen and oxygen atoms in total. The van der Waals surface area contributed by atoms with Crippen LogP contribution in [0.1, 0.15) is 26.2 Å². The Kier molecular flexibility index (Phi) is 2.85. The quantitative estimate of drug-likeness (QED) is 0.807. The molecule has 2 rings (SSSR count). The smallest absolute Gasteiger partial charge is 0.331 e. The summed E-state index contributed by atoms with van der Waals surface area (Å²) in [6.07, 6.45) is 4.84. The largest absolute Gasteiger partial charge is 0.393 e. The molecule has 0 radical (unpaired) electrons. The fourth-order valence-corrected chi connectivity index (χ4v) is 2.00. The van der Waals surface area contributed by atoms with Gasteiger partial charge in [0.25, 0.3) is 5.56 Å². The van der Waals surface area contributed by atoms with Gasteiger partial charge in [-0.15, -0.1) is 0 Å². The molecule has 0 aromatic carbocycles. The second-order valence-electron chi connectivity index (χ2n) is 4.37. The first kappa shape index (κ1) is 11.0. The number of rotatable bonds is 3. The lowest BCUT2D eigenvalue weighted by Gasteiger charge is -2.25. The summed E-state index contributed by atoms with van der Waals surface area (Å²) in [4.78, 5) is 23.7. The van der Waals surface area contributed by atoms with Crippen LogP contribution < -0.4 is 17.0 Å². The van der Waals surface area contributed by atoms with Crippen molar-refractivity contribution in [3.05, 3.63) is 27.0 Å². The zero-order valence-electron chi connectivity index (χ0n) is 9.48. The van der Waals surface area contributed by atoms with Crippen LogP contribution in [0.3, 0.4) is 0 Å². The number of anilines is 1. The Bertz CT molecular complexity index is 497. The Hall–Kier alpha value is -1.52. The molecule has 0 atom stereocenters. The van der Waals surface area contributed by atoms with Crippen molar-refractivity contribution in [1.82, 2.24) is 9.13 Å². The Morgan fingerprint density at radius 2 is 2.12 bits per heavy atom. The van der Waals surface area contributed by atoms with E-state index in [4.69, 9.17) is 5.73 Å². The lowest BCUT2D eigenvalue weighted by atomic mass is 9.85. The SMILES string of the molecule is CCn1cc(N)c(=O)n(CC2CCC2)c1=O. The number of nitrogens with zero attached hydrogens (tertiary/aromatic N) is 2. The minimum Gasteiger partial charge on any atom is -0.393 e. The van der Waals surface area contributed by atoms with Gasteiger partial charge in [-0.2, -0.15) is 0 Å². The molecule has 1 heterocycles. The number of hydrogen-bond acceptors (Lipinski definition) is 3. The molecule has 0 aliphatic heterocycles. The first-order valence-electron chi connectivity index (χ1n) is 5.73. The fourth-order valence-electron chi connectivity index (χ4n) is 2.00. The Morgan fingerprint density at radius 3 is 2.62 bits per heavy atom. The maximum atomic E-state index is 11.9. The van der Waals surface area contributed by atoms with Gasteiger partial charge in [0.15, 0.2) is 0 Å². The molecule has 16 heavy (non-hydrogen) atoms. The first-order chi connectivity index (χ1) is 7.63. The van der Waals surface area contributed by atoms with E-state index in [-0.39, 0.29) is 16.9 Å². The topological polar surface area (TPSA) is 70.0 Å². The Labute approximate surface area is 93.5 Å². The molecule has 88 valence electrons. The van der Waals surface area contributed by atoms with Crippen LogP contribution in [-0.4, -0.2) is 9.13 Å². The van der Waals surface area contributed by atoms with Gasteiger partial charge in [0.2, 0.25) is 0 Å². The van der Waals surface area contributed by atoms with E-state index in [2.05, 4.69) is 0 Å². The normalized spacial score (nSPS) is 16.1. The highest BCUT2D eigenvalue weighted by molar-refractivity contribution is 5.30. The van der Waals surface area contributed by atoms with Gasteiger partial charge < -0.3 is 5.73 Å². The molecule has 1 aliphatic carbocycles. The molecule has 5 heteroatoms. The number of nitrogens with two attached hydrogens (primary N) is 1. The van der Waals surface area contributed by atoms with E-state index in [0.717, 1.165) is 12.8 Å². The van der Waals surface area contributed by atoms with Gasteiger partial charge in [0, 0.05) is 19.3 Å². The highest BCUT2D eigenvalue weighted by atomic mass is 16.2. The van der Waals surface area contributed by atoms with Crippen LogP contribution in [0.15, 0.2) is 15.8 Å². The van der Waals surface area contributed by atoms with Gasteiger partial charge in [-0.25, -0.2) is 4.79 Å². The summed E-state index contributed by atoms with van der Waals surface area (Å²) in [5.41, 5.74) is 5.17. The van der Waals surface area contributed by atoms with E-state index in [1.165, 1.54) is 21.8 Å². The second-order valence-corrected chi connectivity index (χ2v) is 4.37. The predicted octanol–water partition coefficient (Wildman–Crippen LogP) is 0.412. The van der Waals surface area contributed by atoms with Gasteiger partial charge in [-0.05, 0) is 25.7 Å². The molecule has 1 aliphatic rings. The third kappa shape index (κ3) is 1.77. The molecule has 1 saturated carbocycles. The fraction of sp³-hybridized carbons (Fsp3) is 0.636. The van der Waals surface area contributed by atoms with Gasteiger partial charge in [0.05, 0.1) is 0 Å². The number of aryl methyl sites for hydroxylation is 1. The van der Waals surface area contributed by atoms with Crippen LogP contribution in [0.2, 0.25) is 0 Å². The molecular formula is C11H17N3O2. The Morgan fingerprint density at radius 1 is 1.44 bits per heavy atom. The van der Waals surface area contributed by atoms with Gasteiger partial charge >= 0.3 is 5.69 Å².